The summed E-state index contributed by atoms with van der Waals surface area (Å²) >= 11 is 0. The molecule has 8 nitrogen and oxygen atoms in total. The van der Waals surface area contributed by atoms with Gasteiger partial charge >= 0.3 is 12.3 Å². The van der Waals surface area contributed by atoms with Crippen LogP contribution in [0.1, 0.15) is 47.6 Å². The number of fused-ring (bicyclic) bond motifs is 1. The summed E-state index contributed by atoms with van der Waals surface area (Å²) in [6.45, 7) is 3.04. The van der Waals surface area contributed by atoms with Crippen LogP contribution in [0.15, 0.2) is 12.1 Å². The van der Waals surface area contributed by atoms with Crippen LogP contribution in [0.4, 0.5) is 18.0 Å². The van der Waals surface area contributed by atoms with E-state index in [2.05, 4.69) is 10.1 Å². The molecule has 0 unspecified atom stereocenters. The van der Waals surface area contributed by atoms with E-state index in [4.69, 9.17) is 4.74 Å². The molecule has 11 heteroatoms. The van der Waals surface area contributed by atoms with E-state index in [0.29, 0.717) is 10.2 Å². The molecule has 0 N–H and O–H groups in total. The quantitative estimate of drug-likeness (QED) is 0.776. The van der Waals surface area contributed by atoms with Crippen LogP contribution in [-0.2, 0) is 10.9 Å². The Labute approximate surface area is 164 Å². The fraction of sp³-hybridized carbons (Fsp3) is 0.556. The molecular weight excluding hydrogens is 391 g/mol. The predicted molar refractivity (Wildman–Crippen MR) is 94.5 cm³/mol. The molecule has 4 rings (SSSR count). The Morgan fingerprint density at radius 3 is 2.38 bits per heavy atom. The van der Waals surface area contributed by atoms with Gasteiger partial charge in [0.15, 0.2) is 11.3 Å². The molecule has 2 aromatic rings. The summed E-state index contributed by atoms with van der Waals surface area (Å²) in [5.41, 5.74) is -0.641. The van der Waals surface area contributed by atoms with E-state index < -0.39 is 23.9 Å². The first kappa shape index (κ1) is 19.5. The van der Waals surface area contributed by atoms with Gasteiger partial charge in [0, 0.05) is 43.9 Å². The highest BCUT2D eigenvalue weighted by molar-refractivity contribution is 5.93. The van der Waals surface area contributed by atoms with E-state index in [-0.39, 0.29) is 50.0 Å². The number of hydrogen-bond donors (Lipinski definition) is 0. The maximum atomic E-state index is 13.5. The molecule has 1 aliphatic heterocycles. The van der Waals surface area contributed by atoms with Crippen molar-refractivity contribution in [2.75, 3.05) is 32.8 Å². The standard InChI is InChI=1S/C18H20F3N5O3/c1-2-29-17(28)25-7-5-24(6-8-25)16(27)13-10-15-22-12(11-3-4-11)9-14(18(19,20)21)26(15)23-13/h9-11H,2-8H2,1H3. The molecular formula is C18H20F3N5O3. The molecule has 1 saturated heterocycles. The van der Waals surface area contributed by atoms with Crippen LogP contribution in [0.3, 0.4) is 0 Å². The number of amides is 2. The van der Waals surface area contributed by atoms with Crippen molar-refractivity contribution in [3.8, 4) is 0 Å². The van der Waals surface area contributed by atoms with Gasteiger partial charge in [-0.15, -0.1) is 0 Å². The average molecular weight is 411 g/mol. The molecule has 2 fully saturated rings. The SMILES string of the molecule is CCOC(=O)N1CCN(C(=O)c2cc3nc(C4CC4)cc(C(F)(F)F)n3n2)CC1. The maximum Gasteiger partial charge on any atom is 0.433 e. The molecule has 156 valence electrons. The van der Waals surface area contributed by atoms with Gasteiger partial charge in [0.1, 0.15) is 5.69 Å². The first-order chi connectivity index (χ1) is 13.8. The van der Waals surface area contributed by atoms with E-state index in [9.17, 15) is 22.8 Å². The Kier molecular flexibility index (Phi) is 4.83. The van der Waals surface area contributed by atoms with Gasteiger partial charge in [-0.25, -0.2) is 14.3 Å². The number of ether oxygens (including phenoxy) is 1. The van der Waals surface area contributed by atoms with Crippen LogP contribution >= 0.6 is 0 Å². The van der Waals surface area contributed by atoms with Gasteiger partial charge in [0.25, 0.3) is 5.91 Å². The van der Waals surface area contributed by atoms with E-state index in [1.807, 2.05) is 0 Å². The van der Waals surface area contributed by atoms with E-state index in [1.54, 1.807) is 6.92 Å². The largest absolute Gasteiger partial charge is 0.450 e. The van der Waals surface area contributed by atoms with Gasteiger partial charge in [-0.3, -0.25) is 4.79 Å². The normalized spacial score (nSPS) is 17.7. The van der Waals surface area contributed by atoms with Crippen molar-refractivity contribution < 1.29 is 27.5 Å². The maximum absolute atomic E-state index is 13.5. The molecule has 0 bridgehead atoms. The summed E-state index contributed by atoms with van der Waals surface area (Å²) in [5.74, 6) is -0.453. The molecule has 3 heterocycles. The van der Waals surface area contributed by atoms with E-state index >= 15 is 0 Å². The van der Waals surface area contributed by atoms with Crippen LogP contribution in [0.2, 0.25) is 0 Å². The zero-order chi connectivity index (χ0) is 20.8. The van der Waals surface area contributed by atoms with Crippen molar-refractivity contribution in [3.05, 3.63) is 29.2 Å². The van der Waals surface area contributed by atoms with Crippen molar-refractivity contribution in [2.24, 2.45) is 0 Å². The van der Waals surface area contributed by atoms with Crippen LogP contribution < -0.4 is 0 Å². The van der Waals surface area contributed by atoms with Crippen molar-refractivity contribution >= 4 is 17.6 Å². The highest BCUT2D eigenvalue weighted by Gasteiger charge is 2.38. The summed E-state index contributed by atoms with van der Waals surface area (Å²) in [7, 11) is 0. The monoisotopic (exact) mass is 411 g/mol. The molecule has 1 saturated carbocycles. The molecule has 29 heavy (non-hydrogen) atoms. The van der Waals surface area contributed by atoms with Crippen molar-refractivity contribution in [1.82, 2.24) is 24.4 Å². The second-order valence-corrected chi connectivity index (χ2v) is 7.12. The third kappa shape index (κ3) is 3.85. The fourth-order valence-corrected chi connectivity index (χ4v) is 3.36. The van der Waals surface area contributed by atoms with Crippen LogP contribution in [0.5, 0.6) is 0 Å². The van der Waals surface area contributed by atoms with Gasteiger partial charge in [0.2, 0.25) is 0 Å². The third-order valence-corrected chi connectivity index (χ3v) is 5.05. The zero-order valence-electron chi connectivity index (χ0n) is 15.8. The smallest absolute Gasteiger partial charge is 0.433 e. The second-order valence-electron chi connectivity index (χ2n) is 7.12. The minimum atomic E-state index is -4.61. The van der Waals surface area contributed by atoms with Gasteiger partial charge in [-0.1, -0.05) is 0 Å². The highest BCUT2D eigenvalue weighted by Crippen LogP contribution is 2.41. The second kappa shape index (κ2) is 7.20. The molecule has 2 aromatic heterocycles. The summed E-state index contributed by atoms with van der Waals surface area (Å²) in [4.78, 5) is 31.8. The lowest BCUT2D eigenvalue weighted by molar-refractivity contribution is -0.142. The van der Waals surface area contributed by atoms with Crippen molar-refractivity contribution in [3.63, 3.8) is 0 Å². The minimum Gasteiger partial charge on any atom is -0.450 e. The lowest BCUT2D eigenvalue weighted by Gasteiger charge is -2.33. The number of nitrogens with zero attached hydrogens (tertiary/aromatic N) is 5. The van der Waals surface area contributed by atoms with Gasteiger partial charge in [-0.2, -0.15) is 18.3 Å². The lowest BCUT2D eigenvalue weighted by Crippen LogP contribution is -2.50. The molecule has 0 atom stereocenters. The zero-order valence-corrected chi connectivity index (χ0v) is 15.8. The lowest BCUT2D eigenvalue weighted by atomic mass is 10.2. The van der Waals surface area contributed by atoms with Gasteiger partial charge < -0.3 is 14.5 Å². The Morgan fingerprint density at radius 1 is 1.14 bits per heavy atom. The number of halogens is 3. The highest BCUT2D eigenvalue weighted by atomic mass is 19.4. The Balaban J connectivity index is 1.57. The molecule has 0 radical (unpaired) electrons. The first-order valence-corrected chi connectivity index (χ1v) is 9.47. The average Bonchev–Trinajstić information content (AvgIpc) is 3.45. The van der Waals surface area contributed by atoms with Gasteiger partial charge in [0.05, 0.1) is 6.61 Å². The Morgan fingerprint density at radius 2 is 1.79 bits per heavy atom. The number of piperazine rings is 1. The molecule has 0 aromatic carbocycles. The number of alkyl halides is 3. The van der Waals surface area contributed by atoms with Crippen LogP contribution in [0.25, 0.3) is 5.65 Å². The number of carbonyl (C=O) groups is 2. The summed E-state index contributed by atoms with van der Waals surface area (Å²) in [6, 6.07) is 2.31. The fourth-order valence-electron chi connectivity index (χ4n) is 3.36. The van der Waals surface area contributed by atoms with Gasteiger partial charge in [-0.05, 0) is 25.8 Å². The topological polar surface area (TPSA) is 80.0 Å². The summed E-state index contributed by atoms with van der Waals surface area (Å²) < 4.78 is 46.1. The number of rotatable bonds is 3. The molecule has 0 spiro atoms. The molecule has 2 amide bonds. The Hall–Kier alpha value is -2.85. The molecule has 2 aliphatic rings. The van der Waals surface area contributed by atoms with E-state index in [0.717, 1.165) is 18.9 Å². The third-order valence-electron chi connectivity index (χ3n) is 5.05. The van der Waals surface area contributed by atoms with Crippen molar-refractivity contribution in [1.29, 1.82) is 0 Å². The van der Waals surface area contributed by atoms with Crippen LogP contribution in [-0.4, -0.2) is 69.2 Å². The number of carbonyl (C=O) groups excluding carboxylic acids is 2. The predicted octanol–water partition coefficient (Wildman–Crippen LogP) is 2.54. The minimum absolute atomic E-state index is 0.00948. The Bertz CT molecular complexity index is 946. The number of aromatic nitrogens is 3. The van der Waals surface area contributed by atoms with E-state index in [1.165, 1.54) is 15.9 Å². The molecule has 1 aliphatic carbocycles. The number of hydrogen-bond acceptors (Lipinski definition) is 5. The van der Waals surface area contributed by atoms with Crippen LogP contribution in [0, 0.1) is 0 Å². The summed E-state index contributed by atoms with van der Waals surface area (Å²) in [6.07, 6.45) is -3.43. The van der Waals surface area contributed by atoms with Crippen molar-refractivity contribution in [2.45, 2.75) is 31.9 Å². The first-order valence-electron chi connectivity index (χ1n) is 9.47. The summed E-state index contributed by atoms with van der Waals surface area (Å²) in [5, 5.41) is 3.90.